The predicted octanol–water partition coefficient (Wildman–Crippen LogP) is 7.93. The fourth-order valence-electron chi connectivity index (χ4n) is 4.93. The van der Waals surface area contributed by atoms with Gasteiger partial charge in [0.05, 0.1) is 0 Å². The number of allylic oxidation sites excluding steroid dienone is 2. The lowest BCUT2D eigenvalue weighted by atomic mass is 9.76. The standard InChI is InChI=1S/C24H34F2/c1-2-3-4-18-5-7-19(8-6-18)9-10-20-11-13-21(14-12-20)22-15-23(25)17-24(26)16-22/h13,15-20H,2-12,14H2,1H3/t18-,19-,20?. The van der Waals surface area contributed by atoms with Gasteiger partial charge in [-0.2, -0.15) is 0 Å². The van der Waals surface area contributed by atoms with Crippen molar-refractivity contribution in [3.05, 3.63) is 41.5 Å². The van der Waals surface area contributed by atoms with Crippen LogP contribution in [0.15, 0.2) is 24.3 Å². The van der Waals surface area contributed by atoms with E-state index in [4.69, 9.17) is 0 Å². The van der Waals surface area contributed by atoms with Crippen molar-refractivity contribution in [2.75, 3.05) is 0 Å². The van der Waals surface area contributed by atoms with Crippen LogP contribution < -0.4 is 0 Å². The minimum Gasteiger partial charge on any atom is -0.207 e. The Kier molecular flexibility index (Phi) is 7.28. The van der Waals surface area contributed by atoms with E-state index in [1.54, 1.807) is 0 Å². The van der Waals surface area contributed by atoms with Gasteiger partial charge in [0.1, 0.15) is 11.6 Å². The molecule has 1 aromatic rings. The van der Waals surface area contributed by atoms with E-state index in [0.717, 1.165) is 54.2 Å². The Morgan fingerprint density at radius 3 is 2.00 bits per heavy atom. The van der Waals surface area contributed by atoms with Crippen molar-refractivity contribution in [2.24, 2.45) is 17.8 Å². The Morgan fingerprint density at radius 1 is 0.808 bits per heavy atom. The molecule has 26 heavy (non-hydrogen) atoms. The average molecular weight is 361 g/mol. The summed E-state index contributed by atoms with van der Waals surface area (Å²) in [5.41, 5.74) is 1.85. The van der Waals surface area contributed by atoms with Crippen molar-refractivity contribution in [3.63, 3.8) is 0 Å². The van der Waals surface area contributed by atoms with Crippen LogP contribution in [-0.2, 0) is 0 Å². The summed E-state index contributed by atoms with van der Waals surface area (Å²) in [7, 11) is 0. The van der Waals surface area contributed by atoms with Gasteiger partial charge in [0, 0.05) is 6.07 Å². The summed E-state index contributed by atoms with van der Waals surface area (Å²) >= 11 is 0. The molecule has 1 atom stereocenters. The van der Waals surface area contributed by atoms with Crippen LogP contribution in [0.25, 0.3) is 5.57 Å². The van der Waals surface area contributed by atoms with Crippen LogP contribution in [0.5, 0.6) is 0 Å². The molecule has 144 valence electrons. The molecule has 0 amide bonds. The Morgan fingerprint density at radius 2 is 1.42 bits per heavy atom. The van der Waals surface area contributed by atoms with Crippen molar-refractivity contribution in [3.8, 4) is 0 Å². The summed E-state index contributed by atoms with van der Waals surface area (Å²) < 4.78 is 26.8. The van der Waals surface area contributed by atoms with E-state index >= 15 is 0 Å². The first-order valence-electron chi connectivity index (χ1n) is 10.8. The van der Waals surface area contributed by atoms with E-state index in [1.807, 2.05) is 0 Å². The van der Waals surface area contributed by atoms with Crippen LogP contribution in [0.2, 0.25) is 0 Å². The summed E-state index contributed by atoms with van der Waals surface area (Å²) in [6, 6.07) is 3.88. The van der Waals surface area contributed by atoms with Gasteiger partial charge in [0.2, 0.25) is 0 Å². The van der Waals surface area contributed by atoms with Gasteiger partial charge in [-0.1, -0.05) is 64.4 Å². The van der Waals surface area contributed by atoms with Crippen LogP contribution in [0.3, 0.4) is 0 Å². The van der Waals surface area contributed by atoms with Gasteiger partial charge in [-0.3, -0.25) is 0 Å². The molecule has 0 aliphatic heterocycles. The number of hydrogen-bond acceptors (Lipinski definition) is 0. The summed E-state index contributed by atoms with van der Waals surface area (Å²) in [4.78, 5) is 0. The molecule has 0 spiro atoms. The minimum atomic E-state index is -0.474. The van der Waals surface area contributed by atoms with Gasteiger partial charge in [-0.25, -0.2) is 8.78 Å². The topological polar surface area (TPSA) is 0 Å². The Bertz CT molecular complexity index is 576. The van der Waals surface area contributed by atoms with Crippen molar-refractivity contribution in [2.45, 2.75) is 84.0 Å². The monoisotopic (exact) mass is 360 g/mol. The molecular formula is C24H34F2. The highest BCUT2D eigenvalue weighted by atomic mass is 19.1. The van der Waals surface area contributed by atoms with Gasteiger partial charge < -0.3 is 0 Å². The average Bonchev–Trinajstić information content (AvgIpc) is 2.65. The van der Waals surface area contributed by atoms with Crippen molar-refractivity contribution in [1.82, 2.24) is 0 Å². The van der Waals surface area contributed by atoms with Crippen molar-refractivity contribution >= 4 is 5.57 Å². The zero-order valence-corrected chi connectivity index (χ0v) is 16.3. The van der Waals surface area contributed by atoms with Crippen LogP contribution >= 0.6 is 0 Å². The Hall–Kier alpha value is -1.18. The number of halogens is 2. The van der Waals surface area contributed by atoms with Gasteiger partial charge in [-0.15, -0.1) is 0 Å². The molecule has 3 rings (SSSR count). The minimum absolute atomic E-state index is 0.474. The first-order valence-corrected chi connectivity index (χ1v) is 10.8. The lowest BCUT2D eigenvalue weighted by molar-refractivity contribution is 0.235. The first kappa shape index (κ1) is 19.6. The molecule has 2 heteroatoms. The molecule has 1 fully saturated rings. The van der Waals surface area contributed by atoms with Crippen LogP contribution in [0.1, 0.15) is 89.5 Å². The van der Waals surface area contributed by atoms with E-state index in [2.05, 4.69) is 13.0 Å². The fraction of sp³-hybridized carbons (Fsp3) is 0.667. The molecule has 0 heterocycles. The zero-order chi connectivity index (χ0) is 18.4. The van der Waals surface area contributed by atoms with Crippen molar-refractivity contribution in [1.29, 1.82) is 0 Å². The molecule has 1 saturated carbocycles. The zero-order valence-electron chi connectivity index (χ0n) is 16.3. The lowest BCUT2D eigenvalue weighted by Gasteiger charge is -2.30. The number of rotatable bonds is 7. The predicted molar refractivity (Wildman–Crippen MR) is 106 cm³/mol. The Balaban J connectivity index is 1.41. The third kappa shape index (κ3) is 5.66. The highest BCUT2D eigenvalue weighted by Crippen LogP contribution is 2.38. The van der Waals surface area contributed by atoms with E-state index in [1.165, 1.54) is 69.9 Å². The second kappa shape index (κ2) is 9.67. The quantitative estimate of drug-likeness (QED) is 0.463. The highest BCUT2D eigenvalue weighted by Gasteiger charge is 2.22. The summed E-state index contributed by atoms with van der Waals surface area (Å²) in [6.07, 6.45) is 18.1. The molecule has 2 aliphatic rings. The van der Waals surface area contributed by atoms with Gasteiger partial charge in [0.15, 0.2) is 0 Å². The van der Waals surface area contributed by atoms with E-state index in [0.29, 0.717) is 0 Å². The summed E-state index contributed by atoms with van der Waals surface area (Å²) in [6.45, 7) is 2.29. The second-order valence-electron chi connectivity index (χ2n) is 8.63. The van der Waals surface area contributed by atoms with Gasteiger partial charge >= 0.3 is 0 Å². The third-order valence-electron chi connectivity index (χ3n) is 6.67. The first-order chi connectivity index (χ1) is 12.6. The second-order valence-corrected chi connectivity index (χ2v) is 8.63. The summed E-state index contributed by atoms with van der Waals surface area (Å²) in [5.74, 6) is 1.75. The molecule has 1 unspecified atom stereocenters. The molecule has 0 N–H and O–H groups in total. The van der Waals surface area contributed by atoms with E-state index < -0.39 is 11.6 Å². The number of benzene rings is 1. The molecule has 0 radical (unpaired) electrons. The maximum absolute atomic E-state index is 13.4. The van der Waals surface area contributed by atoms with E-state index in [9.17, 15) is 8.78 Å². The molecule has 0 bridgehead atoms. The smallest absolute Gasteiger partial charge is 0.126 e. The van der Waals surface area contributed by atoms with Crippen LogP contribution in [0.4, 0.5) is 8.78 Å². The largest absolute Gasteiger partial charge is 0.207 e. The van der Waals surface area contributed by atoms with Crippen LogP contribution in [0, 0.1) is 29.4 Å². The van der Waals surface area contributed by atoms with Gasteiger partial charge in [-0.05, 0) is 66.7 Å². The molecule has 0 aromatic heterocycles. The van der Waals surface area contributed by atoms with E-state index in [-0.39, 0.29) is 0 Å². The van der Waals surface area contributed by atoms with Gasteiger partial charge in [0.25, 0.3) is 0 Å². The lowest BCUT2D eigenvalue weighted by Crippen LogP contribution is -2.16. The molecular weight excluding hydrogens is 326 g/mol. The fourth-order valence-corrected chi connectivity index (χ4v) is 4.93. The normalized spacial score (nSPS) is 26.6. The SMILES string of the molecule is CCCC[C@H]1CC[C@H](CCC2CC=C(c3cc(F)cc(F)c3)CC2)CC1. The number of hydrogen-bond donors (Lipinski definition) is 0. The highest BCUT2D eigenvalue weighted by molar-refractivity contribution is 5.66. The maximum atomic E-state index is 13.4. The molecule has 1 aromatic carbocycles. The molecule has 0 saturated heterocycles. The third-order valence-corrected chi connectivity index (χ3v) is 6.67. The van der Waals surface area contributed by atoms with Crippen LogP contribution in [-0.4, -0.2) is 0 Å². The van der Waals surface area contributed by atoms with Crippen molar-refractivity contribution < 1.29 is 8.78 Å². The summed E-state index contributed by atoms with van der Waals surface area (Å²) in [5, 5.41) is 0. The molecule has 2 aliphatic carbocycles. The number of unbranched alkanes of at least 4 members (excludes halogenated alkanes) is 1. The Labute approximate surface area is 158 Å². The maximum Gasteiger partial charge on any atom is 0.126 e. The molecule has 0 nitrogen and oxygen atoms in total.